The van der Waals surface area contributed by atoms with Crippen molar-refractivity contribution in [2.75, 3.05) is 12.3 Å². The summed E-state index contributed by atoms with van der Waals surface area (Å²) in [4.78, 5) is 19.2. The van der Waals surface area contributed by atoms with Crippen molar-refractivity contribution in [3.8, 4) is 0 Å². The molecule has 0 amide bonds. The molecule has 3 N–H and O–H groups in total. The number of nitrogens with two attached hydrogens (primary N) is 1. The van der Waals surface area contributed by atoms with Gasteiger partial charge in [0.25, 0.3) is 5.56 Å². The van der Waals surface area contributed by atoms with Crippen molar-refractivity contribution in [3.05, 3.63) is 21.7 Å². The molecule has 1 aliphatic carbocycles. The zero-order chi connectivity index (χ0) is 13.3. The summed E-state index contributed by atoms with van der Waals surface area (Å²) in [5, 5.41) is 0. The number of rotatable bonds is 5. The van der Waals surface area contributed by atoms with Crippen molar-refractivity contribution in [2.24, 2.45) is 5.92 Å². The summed E-state index contributed by atoms with van der Waals surface area (Å²) in [5.41, 5.74) is 6.31. The maximum Gasteiger partial charge on any atom is 0.256 e. The van der Waals surface area contributed by atoms with Crippen LogP contribution in [0.3, 0.4) is 0 Å². The van der Waals surface area contributed by atoms with E-state index in [4.69, 9.17) is 10.5 Å². The lowest BCUT2D eigenvalue weighted by Crippen LogP contribution is -2.23. The first kappa shape index (κ1) is 13.1. The zero-order valence-corrected chi connectivity index (χ0v) is 11.2. The van der Waals surface area contributed by atoms with Crippen LogP contribution in [0.15, 0.2) is 4.79 Å². The third kappa shape index (κ3) is 2.56. The lowest BCUT2D eigenvalue weighted by atomic mass is 10.1. The number of hydrogen-bond acceptors (Lipinski definition) is 4. The Balaban J connectivity index is 2.37. The fourth-order valence-corrected chi connectivity index (χ4v) is 2.23. The van der Waals surface area contributed by atoms with Crippen LogP contribution in [-0.2, 0) is 4.74 Å². The molecule has 18 heavy (non-hydrogen) atoms. The Bertz CT molecular complexity index is 478. The van der Waals surface area contributed by atoms with Gasteiger partial charge in [-0.3, -0.25) is 4.79 Å². The molecular weight excluding hydrogens is 230 g/mol. The molecular formula is C13H21N3O2. The Labute approximate surface area is 107 Å². The van der Waals surface area contributed by atoms with Gasteiger partial charge in [-0.25, -0.2) is 4.98 Å². The fraction of sp³-hybridized carbons (Fsp3) is 0.692. The number of aromatic nitrogens is 2. The maximum absolute atomic E-state index is 12.0. The van der Waals surface area contributed by atoms with Crippen molar-refractivity contribution in [3.63, 3.8) is 0 Å². The van der Waals surface area contributed by atoms with E-state index in [1.807, 2.05) is 20.8 Å². The van der Waals surface area contributed by atoms with E-state index in [2.05, 4.69) is 9.97 Å². The summed E-state index contributed by atoms with van der Waals surface area (Å²) in [6.07, 6.45) is 2.13. The molecule has 0 aromatic carbocycles. The minimum absolute atomic E-state index is 0.0711. The second-order valence-electron chi connectivity index (χ2n) is 5.12. The van der Waals surface area contributed by atoms with Crippen molar-refractivity contribution >= 4 is 5.82 Å². The summed E-state index contributed by atoms with van der Waals surface area (Å²) in [5.74, 6) is 1.44. The van der Waals surface area contributed by atoms with Crippen LogP contribution in [-0.4, -0.2) is 16.6 Å². The molecule has 0 radical (unpaired) electrons. The number of aromatic amines is 1. The third-order valence-electron chi connectivity index (χ3n) is 3.25. The molecule has 0 bridgehead atoms. The first-order valence-corrected chi connectivity index (χ1v) is 6.55. The number of nitrogen functional groups attached to an aromatic ring is 1. The average Bonchev–Trinajstić information content (AvgIpc) is 3.07. The van der Waals surface area contributed by atoms with E-state index in [1.54, 1.807) is 0 Å². The highest BCUT2D eigenvalue weighted by atomic mass is 16.5. The Morgan fingerprint density at radius 1 is 1.50 bits per heavy atom. The first-order valence-electron chi connectivity index (χ1n) is 6.55. The molecule has 1 aromatic heterocycles. The quantitative estimate of drug-likeness (QED) is 0.838. The topological polar surface area (TPSA) is 81.0 Å². The van der Waals surface area contributed by atoms with Gasteiger partial charge in [-0.15, -0.1) is 0 Å². The Hall–Kier alpha value is -1.36. The van der Waals surface area contributed by atoms with Gasteiger partial charge in [0.15, 0.2) is 0 Å². The molecule has 1 heterocycles. The highest BCUT2D eigenvalue weighted by Gasteiger charge is 2.35. The van der Waals surface area contributed by atoms with Crippen LogP contribution in [0.5, 0.6) is 0 Å². The van der Waals surface area contributed by atoms with Gasteiger partial charge in [-0.2, -0.15) is 0 Å². The van der Waals surface area contributed by atoms with Crippen LogP contribution in [0.1, 0.15) is 57.0 Å². The number of anilines is 1. The average molecular weight is 251 g/mol. The van der Waals surface area contributed by atoms with Gasteiger partial charge < -0.3 is 15.5 Å². The molecule has 1 saturated carbocycles. The monoisotopic (exact) mass is 251 g/mol. The lowest BCUT2D eigenvalue weighted by Gasteiger charge is -2.17. The fourth-order valence-electron chi connectivity index (χ4n) is 2.23. The van der Waals surface area contributed by atoms with E-state index in [0.717, 1.165) is 12.8 Å². The van der Waals surface area contributed by atoms with Crippen LogP contribution in [0.4, 0.5) is 5.82 Å². The van der Waals surface area contributed by atoms with Gasteiger partial charge >= 0.3 is 0 Å². The lowest BCUT2D eigenvalue weighted by molar-refractivity contribution is 0.0399. The molecule has 1 fully saturated rings. The van der Waals surface area contributed by atoms with E-state index in [-0.39, 0.29) is 17.6 Å². The Kier molecular flexibility index (Phi) is 3.71. The molecule has 5 nitrogen and oxygen atoms in total. The summed E-state index contributed by atoms with van der Waals surface area (Å²) >= 11 is 0. The van der Waals surface area contributed by atoms with Crippen molar-refractivity contribution in [1.82, 2.24) is 9.97 Å². The highest BCUT2D eigenvalue weighted by Crippen LogP contribution is 2.42. The van der Waals surface area contributed by atoms with E-state index in [1.165, 1.54) is 0 Å². The number of H-pyrrole nitrogens is 1. The molecule has 1 atom stereocenters. The summed E-state index contributed by atoms with van der Waals surface area (Å²) in [6.45, 7) is 6.42. The minimum atomic E-state index is -0.141. The Morgan fingerprint density at radius 2 is 2.17 bits per heavy atom. The molecule has 0 aliphatic heterocycles. The van der Waals surface area contributed by atoms with Crippen LogP contribution in [0, 0.1) is 5.92 Å². The zero-order valence-electron chi connectivity index (χ0n) is 11.2. The highest BCUT2D eigenvalue weighted by molar-refractivity contribution is 5.40. The predicted molar refractivity (Wildman–Crippen MR) is 70.5 cm³/mol. The molecule has 1 aliphatic rings. The molecule has 1 unspecified atom stereocenters. The van der Waals surface area contributed by atoms with Crippen LogP contribution in [0.2, 0.25) is 0 Å². The van der Waals surface area contributed by atoms with Gasteiger partial charge in [0.2, 0.25) is 0 Å². The number of hydrogen-bond donors (Lipinski definition) is 2. The van der Waals surface area contributed by atoms with Gasteiger partial charge in [-0.05, 0) is 31.6 Å². The van der Waals surface area contributed by atoms with Crippen molar-refractivity contribution in [2.45, 2.75) is 45.6 Å². The van der Waals surface area contributed by atoms with Crippen LogP contribution in [0.25, 0.3) is 0 Å². The smallest absolute Gasteiger partial charge is 0.256 e. The van der Waals surface area contributed by atoms with Gasteiger partial charge in [0, 0.05) is 6.61 Å². The van der Waals surface area contributed by atoms with Crippen molar-refractivity contribution < 1.29 is 4.74 Å². The largest absolute Gasteiger partial charge is 0.383 e. The SMILES string of the molecule is CCOC(c1nc(N)c(C(C)C)c(=O)[nH]1)C1CC1. The third-order valence-corrected chi connectivity index (χ3v) is 3.25. The van der Waals surface area contributed by atoms with Crippen molar-refractivity contribution in [1.29, 1.82) is 0 Å². The summed E-state index contributed by atoms with van der Waals surface area (Å²) in [6, 6.07) is 0. The summed E-state index contributed by atoms with van der Waals surface area (Å²) < 4.78 is 5.67. The van der Waals surface area contributed by atoms with Gasteiger partial charge in [0.1, 0.15) is 17.7 Å². The normalized spacial score (nSPS) is 17.1. The maximum atomic E-state index is 12.0. The molecule has 0 saturated heterocycles. The molecule has 100 valence electrons. The van der Waals surface area contributed by atoms with E-state index in [9.17, 15) is 4.79 Å². The van der Waals surface area contributed by atoms with Gasteiger partial charge in [-0.1, -0.05) is 13.8 Å². The first-order chi connectivity index (χ1) is 8.54. The molecule has 0 spiro atoms. The Morgan fingerprint density at radius 3 is 2.61 bits per heavy atom. The molecule has 1 aromatic rings. The summed E-state index contributed by atoms with van der Waals surface area (Å²) in [7, 11) is 0. The van der Waals surface area contributed by atoms with Crippen LogP contribution < -0.4 is 11.3 Å². The predicted octanol–water partition coefficient (Wildman–Crippen LogP) is 1.96. The number of nitrogens with one attached hydrogen (secondary N) is 1. The molecule has 5 heteroatoms. The van der Waals surface area contributed by atoms with Gasteiger partial charge in [0.05, 0.1) is 5.56 Å². The standard InChI is InChI=1S/C13H21N3O2/c1-4-18-10(8-5-6-8)12-15-11(14)9(7(2)3)13(17)16-12/h7-8,10H,4-6H2,1-3H3,(H3,14,15,16,17). The van der Waals surface area contributed by atoms with E-state index in [0.29, 0.717) is 29.7 Å². The molecule has 2 rings (SSSR count). The number of ether oxygens (including phenoxy) is 1. The second-order valence-corrected chi connectivity index (χ2v) is 5.12. The van der Waals surface area contributed by atoms with Crippen LogP contribution >= 0.6 is 0 Å². The minimum Gasteiger partial charge on any atom is -0.383 e. The van der Waals surface area contributed by atoms with E-state index < -0.39 is 0 Å². The van der Waals surface area contributed by atoms with E-state index >= 15 is 0 Å². The second kappa shape index (κ2) is 5.10. The number of nitrogens with zero attached hydrogens (tertiary/aromatic N) is 1.